The number of likely N-dealkylation sites (tertiary alicyclic amines) is 1. The normalized spacial score (nSPS) is 19.6. The van der Waals surface area contributed by atoms with Crippen LogP contribution in [0.4, 0.5) is 4.39 Å². The Bertz CT molecular complexity index is 1370. The van der Waals surface area contributed by atoms with E-state index in [2.05, 4.69) is 10.2 Å². The van der Waals surface area contributed by atoms with E-state index in [4.69, 9.17) is 0 Å². The van der Waals surface area contributed by atoms with Crippen LogP contribution < -0.4 is 5.69 Å². The fourth-order valence-electron chi connectivity index (χ4n) is 5.26. The summed E-state index contributed by atoms with van der Waals surface area (Å²) in [7, 11) is 0. The summed E-state index contributed by atoms with van der Waals surface area (Å²) in [5, 5.41) is 6.62. The van der Waals surface area contributed by atoms with Crippen molar-refractivity contribution in [2.24, 2.45) is 11.8 Å². The second-order valence-electron chi connectivity index (χ2n) is 9.66. The van der Waals surface area contributed by atoms with E-state index in [1.807, 2.05) is 23.1 Å². The summed E-state index contributed by atoms with van der Waals surface area (Å²) >= 11 is 0. The number of aromatic nitrogens is 3. The first kappa shape index (κ1) is 21.0. The Labute approximate surface area is 195 Å². The number of hydrogen-bond donors (Lipinski definition) is 1. The molecule has 0 bridgehead atoms. The Hall–Kier alpha value is -3.55. The lowest BCUT2D eigenvalue weighted by Gasteiger charge is -2.16. The van der Waals surface area contributed by atoms with Crippen molar-refractivity contribution in [3.05, 3.63) is 69.7 Å². The molecule has 6 rings (SSSR count). The number of ketones is 1. The minimum absolute atomic E-state index is 0.150. The van der Waals surface area contributed by atoms with Crippen molar-refractivity contribution in [3.63, 3.8) is 0 Å². The highest BCUT2D eigenvalue weighted by Gasteiger charge is 2.37. The summed E-state index contributed by atoms with van der Waals surface area (Å²) in [6, 6.07) is 10.4. The van der Waals surface area contributed by atoms with Crippen molar-refractivity contribution in [1.29, 1.82) is 0 Å². The number of fused-ring (bicyclic) bond motifs is 1. The zero-order valence-corrected chi connectivity index (χ0v) is 18.7. The lowest BCUT2D eigenvalue weighted by Crippen LogP contribution is -2.30. The van der Waals surface area contributed by atoms with E-state index < -0.39 is 11.5 Å². The molecule has 1 atom stereocenters. The second-order valence-corrected chi connectivity index (χ2v) is 9.66. The molecule has 0 radical (unpaired) electrons. The largest absolute Gasteiger partial charge is 0.348 e. The second kappa shape index (κ2) is 8.04. The van der Waals surface area contributed by atoms with E-state index in [1.165, 1.54) is 10.6 Å². The monoisotopic (exact) mass is 460 g/mol. The Morgan fingerprint density at radius 3 is 2.65 bits per heavy atom. The molecule has 2 aromatic carbocycles. The Kier molecular flexibility index (Phi) is 4.97. The minimum Gasteiger partial charge on any atom is -0.342 e. The van der Waals surface area contributed by atoms with Gasteiger partial charge in [-0.25, -0.2) is 18.9 Å². The van der Waals surface area contributed by atoms with E-state index in [0.29, 0.717) is 37.2 Å². The van der Waals surface area contributed by atoms with Crippen LogP contribution in [0.3, 0.4) is 0 Å². The molecular weight excluding hydrogens is 435 g/mol. The predicted octanol–water partition coefficient (Wildman–Crippen LogP) is 3.30. The highest BCUT2D eigenvalue weighted by Crippen LogP contribution is 2.34. The first-order valence-electron chi connectivity index (χ1n) is 11.9. The van der Waals surface area contributed by atoms with Gasteiger partial charge in [0.2, 0.25) is 5.91 Å². The number of Topliss-reactive ketones (excluding diaryl/α,β-unsaturated/α-hetero) is 1. The third-order valence-corrected chi connectivity index (χ3v) is 7.29. The first-order valence-corrected chi connectivity index (χ1v) is 11.9. The van der Waals surface area contributed by atoms with Crippen molar-refractivity contribution >= 4 is 11.7 Å². The Balaban J connectivity index is 1.24. The molecule has 1 unspecified atom stereocenters. The molecule has 7 nitrogen and oxygen atoms in total. The summed E-state index contributed by atoms with van der Waals surface area (Å²) in [6.45, 7) is 1.38. The number of nitrogens with one attached hydrogen (secondary N) is 1. The van der Waals surface area contributed by atoms with E-state index in [9.17, 15) is 14.4 Å². The third kappa shape index (κ3) is 3.67. The number of carbonyl (C=O) groups is 2. The first-order chi connectivity index (χ1) is 16.5. The molecule has 34 heavy (non-hydrogen) atoms. The van der Waals surface area contributed by atoms with Gasteiger partial charge in [0.1, 0.15) is 11.6 Å². The molecular formula is C26H25FN4O3. The van der Waals surface area contributed by atoms with Gasteiger partial charge in [-0.1, -0.05) is 24.3 Å². The molecule has 1 amide bonds. The van der Waals surface area contributed by atoms with Crippen molar-refractivity contribution in [1.82, 2.24) is 19.7 Å². The summed E-state index contributed by atoms with van der Waals surface area (Å²) in [6.07, 6.45) is 4.54. The van der Waals surface area contributed by atoms with Crippen LogP contribution in [0.2, 0.25) is 0 Å². The molecule has 3 aliphatic rings. The molecule has 1 saturated carbocycles. The number of carbonyl (C=O) groups excluding carboxylic acids is 2. The third-order valence-electron chi connectivity index (χ3n) is 7.29. The van der Waals surface area contributed by atoms with Crippen LogP contribution in [0.1, 0.15) is 47.4 Å². The SMILES string of the molecule is O=C1CCc2cc(-c3ccc(-n4c(CC5CCN(C(=O)C6CC6)C5)n[nH]c4=O)c(F)c3)ccc21. The standard InChI is InChI=1S/C26H25FN4O3/c27-21-13-18(17-3-6-20-19(12-17)5-8-23(20)32)4-7-22(21)31-24(28-29-26(31)34)11-15-9-10-30(14-15)25(33)16-1-2-16/h3-4,6-7,12-13,15-16H,1-2,5,8-11,14H2,(H,29,34). The van der Waals surface area contributed by atoms with Gasteiger partial charge in [-0.15, -0.1) is 0 Å². The van der Waals surface area contributed by atoms with Crippen LogP contribution in [0.15, 0.2) is 41.2 Å². The highest BCUT2D eigenvalue weighted by atomic mass is 19.1. The van der Waals surface area contributed by atoms with Crippen LogP contribution in [0.5, 0.6) is 0 Å². The van der Waals surface area contributed by atoms with Crippen LogP contribution in [-0.4, -0.2) is 44.4 Å². The molecule has 174 valence electrons. The number of rotatable bonds is 5. The Morgan fingerprint density at radius 1 is 1.06 bits per heavy atom. The maximum absolute atomic E-state index is 15.3. The van der Waals surface area contributed by atoms with Gasteiger partial charge in [0.25, 0.3) is 0 Å². The summed E-state index contributed by atoms with van der Waals surface area (Å²) < 4.78 is 16.6. The average molecular weight is 461 g/mol. The Morgan fingerprint density at radius 2 is 1.85 bits per heavy atom. The molecule has 1 N–H and O–H groups in total. The number of halogens is 1. The fourth-order valence-corrected chi connectivity index (χ4v) is 5.26. The van der Waals surface area contributed by atoms with Gasteiger partial charge in [-0.3, -0.25) is 9.59 Å². The molecule has 2 heterocycles. The van der Waals surface area contributed by atoms with E-state index in [0.717, 1.165) is 42.5 Å². The van der Waals surface area contributed by atoms with Crippen LogP contribution >= 0.6 is 0 Å². The lowest BCUT2D eigenvalue weighted by molar-refractivity contribution is -0.131. The summed E-state index contributed by atoms with van der Waals surface area (Å²) in [4.78, 5) is 38.7. The van der Waals surface area contributed by atoms with E-state index in [-0.39, 0.29) is 29.2 Å². The number of aromatic amines is 1. The number of H-pyrrole nitrogens is 1. The van der Waals surface area contributed by atoms with Gasteiger partial charge >= 0.3 is 5.69 Å². The number of benzene rings is 2. The molecule has 3 aromatic rings. The lowest BCUT2D eigenvalue weighted by atomic mass is 10.00. The van der Waals surface area contributed by atoms with Gasteiger partial charge in [-0.2, -0.15) is 5.10 Å². The molecule has 2 aliphatic carbocycles. The zero-order chi connectivity index (χ0) is 23.4. The fraction of sp³-hybridized carbons (Fsp3) is 0.385. The summed E-state index contributed by atoms with van der Waals surface area (Å²) in [5.74, 6) is 0.722. The number of nitrogens with zero attached hydrogens (tertiary/aromatic N) is 3. The number of amides is 1. The molecule has 0 spiro atoms. The van der Waals surface area contributed by atoms with Crippen molar-refractivity contribution in [2.45, 2.75) is 38.5 Å². The van der Waals surface area contributed by atoms with Gasteiger partial charge in [0.05, 0.1) is 5.69 Å². The quantitative estimate of drug-likeness (QED) is 0.633. The van der Waals surface area contributed by atoms with Gasteiger partial charge in [0.15, 0.2) is 5.78 Å². The van der Waals surface area contributed by atoms with E-state index >= 15 is 4.39 Å². The molecule has 1 aliphatic heterocycles. The van der Waals surface area contributed by atoms with Gasteiger partial charge < -0.3 is 4.90 Å². The van der Waals surface area contributed by atoms with Crippen molar-refractivity contribution < 1.29 is 14.0 Å². The van der Waals surface area contributed by atoms with Crippen molar-refractivity contribution in [3.8, 4) is 16.8 Å². The zero-order valence-electron chi connectivity index (χ0n) is 18.7. The predicted molar refractivity (Wildman–Crippen MR) is 123 cm³/mol. The smallest absolute Gasteiger partial charge is 0.342 e. The van der Waals surface area contributed by atoms with E-state index in [1.54, 1.807) is 12.1 Å². The highest BCUT2D eigenvalue weighted by molar-refractivity contribution is 6.01. The van der Waals surface area contributed by atoms with Gasteiger partial charge in [0, 0.05) is 37.4 Å². The molecule has 8 heteroatoms. The average Bonchev–Trinajstić information content (AvgIpc) is 3.33. The minimum atomic E-state index is -0.518. The van der Waals surface area contributed by atoms with Gasteiger partial charge in [-0.05, 0) is 60.4 Å². The number of hydrogen-bond acceptors (Lipinski definition) is 4. The summed E-state index contributed by atoms with van der Waals surface area (Å²) in [5.41, 5.74) is 2.93. The van der Waals surface area contributed by atoms with Crippen LogP contribution in [0, 0.1) is 17.7 Å². The molecule has 2 fully saturated rings. The topological polar surface area (TPSA) is 88.1 Å². The maximum Gasteiger partial charge on any atom is 0.348 e. The van der Waals surface area contributed by atoms with Crippen LogP contribution in [-0.2, 0) is 17.6 Å². The number of aryl methyl sites for hydroxylation is 1. The molecule has 1 aromatic heterocycles. The maximum atomic E-state index is 15.3. The van der Waals surface area contributed by atoms with Crippen LogP contribution in [0.25, 0.3) is 16.8 Å². The van der Waals surface area contributed by atoms with Crippen molar-refractivity contribution in [2.75, 3.05) is 13.1 Å². The molecule has 1 saturated heterocycles.